The summed E-state index contributed by atoms with van der Waals surface area (Å²) in [5.41, 5.74) is 0. The van der Waals surface area contributed by atoms with E-state index in [0.29, 0.717) is 18.4 Å². The van der Waals surface area contributed by atoms with Crippen LogP contribution in [0.1, 0.15) is 32.6 Å². The van der Waals surface area contributed by atoms with Crippen LogP contribution in [0.5, 0.6) is 0 Å². The van der Waals surface area contributed by atoms with Gasteiger partial charge in [-0.2, -0.15) is 0 Å². The van der Waals surface area contributed by atoms with Crippen molar-refractivity contribution in [1.29, 1.82) is 0 Å². The Morgan fingerprint density at radius 2 is 1.94 bits per heavy atom. The molecular weight excluding hydrogens is 248 g/mol. The van der Waals surface area contributed by atoms with Gasteiger partial charge in [0.15, 0.2) is 0 Å². The van der Waals surface area contributed by atoms with Gasteiger partial charge in [-0.05, 0) is 37.6 Å². The summed E-state index contributed by atoms with van der Waals surface area (Å²) in [5, 5.41) is 0. The zero-order chi connectivity index (χ0) is 13.0. The number of rotatable bonds is 8. The second-order valence-electron chi connectivity index (χ2n) is 5.41. The summed E-state index contributed by atoms with van der Waals surface area (Å²) in [7, 11) is 1.40. The first-order valence-corrected chi connectivity index (χ1v) is 9.29. The minimum absolute atomic E-state index is 0.575. The quantitative estimate of drug-likeness (QED) is 0.387. The zero-order valence-electron chi connectivity index (χ0n) is 11.8. The molecular formula is C13H26O4Si. The van der Waals surface area contributed by atoms with E-state index in [0.717, 1.165) is 25.0 Å². The van der Waals surface area contributed by atoms with Crippen LogP contribution in [-0.2, 0) is 18.3 Å². The van der Waals surface area contributed by atoms with Gasteiger partial charge in [-0.1, -0.05) is 6.92 Å². The second-order valence-corrected chi connectivity index (χ2v) is 9.04. The Labute approximate surface area is 111 Å². The van der Waals surface area contributed by atoms with Gasteiger partial charge < -0.3 is 18.3 Å². The average Bonchev–Trinajstić information content (AvgIpc) is 3.18. The lowest BCUT2D eigenvalue weighted by Gasteiger charge is -2.26. The fraction of sp³-hybridized carbons (Fsp3) is 1.00. The molecule has 0 aromatic carbocycles. The van der Waals surface area contributed by atoms with E-state index >= 15 is 0 Å². The summed E-state index contributed by atoms with van der Waals surface area (Å²) >= 11 is 0. The minimum Gasteiger partial charge on any atom is -0.396 e. The van der Waals surface area contributed by atoms with Crippen molar-refractivity contribution < 1.29 is 18.3 Å². The van der Waals surface area contributed by atoms with Gasteiger partial charge in [-0.25, -0.2) is 0 Å². The van der Waals surface area contributed by atoms with Gasteiger partial charge in [-0.15, -0.1) is 0 Å². The van der Waals surface area contributed by atoms with Crippen molar-refractivity contribution in [3.05, 3.63) is 0 Å². The van der Waals surface area contributed by atoms with Gasteiger partial charge in [0.05, 0.1) is 18.4 Å². The van der Waals surface area contributed by atoms with Gasteiger partial charge >= 0.3 is 8.56 Å². The van der Waals surface area contributed by atoms with E-state index < -0.39 is 8.56 Å². The maximum Gasteiger partial charge on any atom is 0.364 e. The first kappa shape index (κ1) is 14.5. The molecule has 0 aromatic heterocycles. The van der Waals surface area contributed by atoms with E-state index in [2.05, 4.69) is 6.92 Å². The monoisotopic (exact) mass is 274 g/mol. The molecule has 5 heteroatoms. The highest BCUT2D eigenvalue weighted by Gasteiger charge is 2.43. The first-order valence-electron chi connectivity index (χ1n) is 7.06. The van der Waals surface area contributed by atoms with Crippen LogP contribution in [0.4, 0.5) is 0 Å². The van der Waals surface area contributed by atoms with Crippen molar-refractivity contribution in [1.82, 2.24) is 0 Å². The van der Waals surface area contributed by atoms with Gasteiger partial charge in [0.1, 0.15) is 0 Å². The smallest absolute Gasteiger partial charge is 0.364 e. The molecule has 1 heterocycles. The predicted octanol–water partition coefficient (Wildman–Crippen LogP) is 2.25. The summed E-state index contributed by atoms with van der Waals surface area (Å²) in [6.07, 6.45) is 6.75. The van der Waals surface area contributed by atoms with E-state index in [-0.39, 0.29) is 0 Å². The van der Waals surface area contributed by atoms with Gasteiger partial charge in [0.25, 0.3) is 0 Å². The largest absolute Gasteiger partial charge is 0.396 e. The molecule has 106 valence electrons. The van der Waals surface area contributed by atoms with Crippen LogP contribution in [-0.4, -0.2) is 47.8 Å². The SMILES string of the molecule is CC[Si](COCCC1CCC2OC2C1)(OC)OC. The lowest BCUT2D eigenvalue weighted by Crippen LogP contribution is -2.45. The Morgan fingerprint density at radius 1 is 1.17 bits per heavy atom. The second kappa shape index (κ2) is 6.48. The highest BCUT2D eigenvalue weighted by Crippen LogP contribution is 2.40. The lowest BCUT2D eigenvalue weighted by molar-refractivity contribution is 0.110. The number of ether oxygens (including phenoxy) is 2. The molecule has 1 aliphatic carbocycles. The van der Waals surface area contributed by atoms with Crippen molar-refractivity contribution in [2.75, 3.05) is 27.1 Å². The summed E-state index contributed by atoms with van der Waals surface area (Å²) < 4.78 is 22.4. The lowest BCUT2D eigenvalue weighted by atomic mass is 9.87. The fourth-order valence-electron chi connectivity index (χ4n) is 2.82. The molecule has 2 fully saturated rings. The summed E-state index contributed by atoms with van der Waals surface area (Å²) in [6, 6.07) is 0.932. The third kappa shape index (κ3) is 3.54. The van der Waals surface area contributed by atoms with Crippen molar-refractivity contribution in [3.8, 4) is 0 Å². The van der Waals surface area contributed by atoms with E-state index in [9.17, 15) is 0 Å². The molecule has 1 saturated carbocycles. The molecule has 1 saturated heterocycles. The molecule has 0 N–H and O–H groups in total. The molecule has 2 rings (SSSR count). The number of hydrogen-bond donors (Lipinski definition) is 0. The van der Waals surface area contributed by atoms with Crippen LogP contribution in [0.25, 0.3) is 0 Å². The summed E-state index contributed by atoms with van der Waals surface area (Å²) in [5.74, 6) is 0.788. The third-order valence-electron chi connectivity index (χ3n) is 4.39. The van der Waals surface area contributed by atoms with Crippen LogP contribution in [0.15, 0.2) is 0 Å². The van der Waals surface area contributed by atoms with Crippen LogP contribution < -0.4 is 0 Å². The Kier molecular flexibility index (Phi) is 5.21. The Balaban J connectivity index is 1.60. The molecule has 3 unspecified atom stereocenters. The van der Waals surface area contributed by atoms with E-state index in [4.69, 9.17) is 18.3 Å². The Bertz CT molecular complexity index is 249. The van der Waals surface area contributed by atoms with Gasteiger partial charge in [0.2, 0.25) is 0 Å². The normalized spacial score (nSPS) is 31.2. The number of epoxide rings is 1. The fourth-order valence-corrected chi connectivity index (χ4v) is 4.46. The van der Waals surface area contributed by atoms with E-state index in [1.54, 1.807) is 14.2 Å². The standard InChI is InChI=1S/C13H26O4Si/c1-4-18(14-2,15-3)10-16-8-7-11-5-6-12-13(9-11)17-12/h11-13H,4-10H2,1-3H3. The Hall–Kier alpha value is 0.0569. The summed E-state index contributed by atoms with van der Waals surface area (Å²) in [4.78, 5) is 0. The maximum atomic E-state index is 5.79. The van der Waals surface area contributed by atoms with E-state index in [1.807, 2.05) is 0 Å². The molecule has 0 amide bonds. The van der Waals surface area contributed by atoms with Gasteiger partial charge in [-0.3, -0.25) is 0 Å². The maximum absolute atomic E-state index is 5.79. The third-order valence-corrected chi connectivity index (χ3v) is 7.60. The van der Waals surface area contributed by atoms with Gasteiger partial charge in [0, 0.05) is 20.8 Å². The highest BCUT2D eigenvalue weighted by molar-refractivity contribution is 6.67. The van der Waals surface area contributed by atoms with Crippen molar-refractivity contribution in [2.24, 2.45) is 5.92 Å². The van der Waals surface area contributed by atoms with Crippen LogP contribution >= 0.6 is 0 Å². The topological polar surface area (TPSA) is 40.2 Å². The van der Waals surface area contributed by atoms with Crippen molar-refractivity contribution in [3.63, 3.8) is 0 Å². The van der Waals surface area contributed by atoms with E-state index in [1.165, 1.54) is 19.3 Å². The predicted molar refractivity (Wildman–Crippen MR) is 71.7 cm³/mol. The molecule has 18 heavy (non-hydrogen) atoms. The molecule has 4 nitrogen and oxygen atoms in total. The van der Waals surface area contributed by atoms with Crippen LogP contribution in [0.3, 0.4) is 0 Å². The molecule has 0 spiro atoms. The van der Waals surface area contributed by atoms with Crippen LogP contribution in [0, 0.1) is 5.92 Å². The summed E-state index contributed by atoms with van der Waals surface area (Å²) in [6.45, 7) is 2.93. The molecule has 2 aliphatic rings. The molecule has 0 bridgehead atoms. The molecule has 0 aromatic rings. The molecule has 0 radical (unpaired) electrons. The molecule has 1 aliphatic heterocycles. The highest BCUT2D eigenvalue weighted by atomic mass is 28.4. The Morgan fingerprint density at radius 3 is 2.56 bits per heavy atom. The molecule has 3 atom stereocenters. The zero-order valence-corrected chi connectivity index (χ0v) is 12.8. The average molecular weight is 274 g/mol. The number of fused-ring (bicyclic) bond motifs is 1. The minimum atomic E-state index is -2.06. The van der Waals surface area contributed by atoms with Crippen LogP contribution in [0.2, 0.25) is 6.04 Å². The number of hydrogen-bond acceptors (Lipinski definition) is 4. The van der Waals surface area contributed by atoms with Crippen molar-refractivity contribution in [2.45, 2.75) is 50.9 Å². The first-order chi connectivity index (χ1) is 8.73. The van der Waals surface area contributed by atoms with Crippen molar-refractivity contribution >= 4 is 8.56 Å².